The molecule has 0 amide bonds. The van der Waals surface area contributed by atoms with Gasteiger partial charge in [-0.1, -0.05) is 29.3 Å². The number of nitrogens with zero attached hydrogens (tertiary/aromatic N) is 1. The molecular formula is C12H14Cl2N2O2. The Kier molecular flexibility index (Phi) is 4.45. The molecule has 1 unspecified atom stereocenters. The average Bonchev–Trinajstić information content (AvgIpc) is 2.35. The summed E-state index contributed by atoms with van der Waals surface area (Å²) in [5.74, 6) is -0.865. The number of aliphatic carboxylic acids is 1. The van der Waals surface area contributed by atoms with Crippen molar-refractivity contribution >= 4 is 29.2 Å². The van der Waals surface area contributed by atoms with Gasteiger partial charge in [-0.25, -0.2) is 0 Å². The molecular weight excluding hydrogens is 275 g/mol. The van der Waals surface area contributed by atoms with Gasteiger partial charge in [-0.05, 0) is 17.7 Å². The zero-order chi connectivity index (χ0) is 13.1. The van der Waals surface area contributed by atoms with Crippen molar-refractivity contribution in [2.45, 2.75) is 6.04 Å². The van der Waals surface area contributed by atoms with Crippen molar-refractivity contribution in [3.63, 3.8) is 0 Å². The summed E-state index contributed by atoms with van der Waals surface area (Å²) in [6.07, 6.45) is 0. The van der Waals surface area contributed by atoms with Crippen LogP contribution in [0.5, 0.6) is 0 Å². The summed E-state index contributed by atoms with van der Waals surface area (Å²) < 4.78 is 0. The van der Waals surface area contributed by atoms with E-state index in [9.17, 15) is 9.90 Å². The Morgan fingerprint density at radius 2 is 1.94 bits per heavy atom. The number of nitrogens with one attached hydrogen (secondary N) is 1. The van der Waals surface area contributed by atoms with E-state index in [4.69, 9.17) is 23.2 Å². The van der Waals surface area contributed by atoms with Crippen molar-refractivity contribution in [2.24, 2.45) is 0 Å². The Bertz CT molecular complexity index is 448. The third-order valence-corrected chi connectivity index (χ3v) is 3.75. The molecule has 2 N–H and O–H groups in total. The van der Waals surface area contributed by atoms with E-state index in [2.05, 4.69) is 5.32 Å². The lowest BCUT2D eigenvalue weighted by Gasteiger charge is -2.32. The van der Waals surface area contributed by atoms with Crippen molar-refractivity contribution < 1.29 is 9.90 Å². The van der Waals surface area contributed by atoms with E-state index in [0.29, 0.717) is 28.7 Å². The maximum Gasteiger partial charge on any atom is 0.325 e. The second kappa shape index (κ2) is 5.89. The van der Waals surface area contributed by atoms with Gasteiger partial charge in [-0.2, -0.15) is 0 Å². The third-order valence-electron chi connectivity index (χ3n) is 3.01. The number of hydrogen-bond donors (Lipinski definition) is 2. The number of piperazine rings is 1. The molecule has 18 heavy (non-hydrogen) atoms. The molecule has 0 spiro atoms. The molecule has 2 rings (SSSR count). The lowest BCUT2D eigenvalue weighted by molar-refractivity contribution is -0.143. The molecule has 0 aromatic heterocycles. The highest BCUT2D eigenvalue weighted by Crippen LogP contribution is 2.28. The van der Waals surface area contributed by atoms with Crippen LogP contribution in [0.25, 0.3) is 0 Å². The molecule has 6 heteroatoms. The van der Waals surface area contributed by atoms with E-state index in [1.54, 1.807) is 18.2 Å². The second-order valence-electron chi connectivity index (χ2n) is 4.20. The summed E-state index contributed by atoms with van der Waals surface area (Å²) in [6.45, 7) is 3.00. The minimum Gasteiger partial charge on any atom is -0.480 e. The first kappa shape index (κ1) is 13.6. The molecule has 1 heterocycles. The zero-order valence-electron chi connectivity index (χ0n) is 9.70. The molecule has 0 aliphatic carbocycles. The summed E-state index contributed by atoms with van der Waals surface area (Å²) in [5, 5.41) is 13.4. The van der Waals surface area contributed by atoms with E-state index < -0.39 is 12.0 Å². The number of carbonyl (C=O) groups is 1. The van der Waals surface area contributed by atoms with Crippen LogP contribution in [0.3, 0.4) is 0 Å². The molecule has 1 atom stereocenters. The van der Waals surface area contributed by atoms with E-state index >= 15 is 0 Å². The smallest absolute Gasteiger partial charge is 0.325 e. The number of hydrogen-bond acceptors (Lipinski definition) is 3. The van der Waals surface area contributed by atoms with Crippen LogP contribution in [0.4, 0.5) is 0 Å². The molecule has 0 radical (unpaired) electrons. The van der Waals surface area contributed by atoms with Gasteiger partial charge in [0.25, 0.3) is 0 Å². The maximum atomic E-state index is 11.5. The highest BCUT2D eigenvalue weighted by molar-refractivity contribution is 6.42. The van der Waals surface area contributed by atoms with Crippen LogP contribution in [0, 0.1) is 0 Å². The van der Waals surface area contributed by atoms with Crippen LogP contribution >= 0.6 is 23.2 Å². The average molecular weight is 289 g/mol. The summed E-state index contributed by atoms with van der Waals surface area (Å²) in [4.78, 5) is 13.4. The van der Waals surface area contributed by atoms with Crippen molar-refractivity contribution in [1.29, 1.82) is 0 Å². The predicted octanol–water partition coefficient (Wildman–Crippen LogP) is 2.02. The number of halogens is 2. The normalized spacial score (nSPS) is 18.6. The Morgan fingerprint density at radius 1 is 1.28 bits per heavy atom. The number of benzene rings is 1. The standard InChI is InChI=1S/C12H14Cl2N2O2/c13-9-2-1-8(7-10(9)14)11(12(17)18)16-5-3-15-4-6-16/h1-2,7,11,15H,3-6H2,(H,17,18). The minimum absolute atomic E-state index is 0.385. The van der Waals surface area contributed by atoms with Gasteiger partial charge < -0.3 is 10.4 Å². The van der Waals surface area contributed by atoms with E-state index in [1.165, 1.54) is 0 Å². The largest absolute Gasteiger partial charge is 0.480 e. The number of carboxylic acid groups (broad SMARTS) is 1. The zero-order valence-corrected chi connectivity index (χ0v) is 11.2. The van der Waals surface area contributed by atoms with Crippen molar-refractivity contribution in [1.82, 2.24) is 10.2 Å². The molecule has 98 valence electrons. The van der Waals surface area contributed by atoms with Gasteiger partial charge in [0.05, 0.1) is 10.0 Å². The molecule has 0 bridgehead atoms. The third kappa shape index (κ3) is 2.95. The van der Waals surface area contributed by atoms with Crippen LogP contribution in [0.1, 0.15) is 11.6 Å². The Morgan fingerprint density at radius 3 is 2.50 bits per heavy atom. The Balaban J connectivity index is 2.28. The van der Waals surface area contributed by atoms with E-state index in [1.807, 2.05) is 4.90 Å². The first-order chi connectivity index (χ1) is 8.59. The van der Waals surface area contributed by atoms with Gasteiger partial charge >= 0.3 is 5.97 Å². The van der Waals surface area contributed by atoms with E-state index in [0.717, 1.165) is 13.1 Å². The fraction of sp³-hybridized carbons (Fsp3) is 0.417. The van der Waals surface area contributed by atoms with Gasteiger partial charge in [0.1, 0.15) is 6.04 Å². The molecule has 1 saturated heterocycles. The summed E-state index contributed by atoms with van der Waals surface area (Å²) in [6, 6.07) is 4.32. The molecule has 0 saturated carbocycles. The van der Waals surface area contributed by atoms with Gasteiger partial charge in [-0.3, -0.25) is 9.69 Å². The molecule has 4 nitrogen and oxygen atoms in total. The van der Waals surface area contributed by atoms with Crippen LogP contribution < -0.4 is 5.32 Å². The number of carboxylic acids is 1. The minimum atomic E-state index is -0.865. The summed E-state index contributed by atoms with van der Waals surface area (Å²) in [7, 11) is 0. The fourth-order valence-electron chi connectivity index (χ4n) is 2.13. The highest BCUT2D eigenvalue weighted by atomic mass is 35.5. The summed E-state index contributed by atoms with van der Waals surface area (Å²) in [5.41, 5.74) is 0.666. The maximum absolute atomic E-state index is 11.5. The first-order valence-corrected chi connectivity index (χ1v) is 6.47. The summed E-state index contributed by atoms with van der Waals surface area (Å²) >= 11 is 11.8. The quantitative estimate of drug-likeness (QED) is 0.894. The first-order valence-electron chi connectivity index (χ1n) is 5.72. The second-order valence-corrected chi connectivity index (χ2v) is 5.01. The Labute approximate surface area is 115 Å². The predicted molar refractivity (Wildman–Crippen MR) is 71.3 cm³/mol. The van der Waals surface area contributed by atoms with E-state index in [-0.39, 0.29) is 0 Å². The van der Waals surface area contributed by atoms with Gasteiger partial charge in [0.2, 0.25) is 0 Å². The van der Waals surface area contributed by atoms with Crippen LogP contribution in [-0.4, -0.2) is 42.2 Å². The molecule has 1 fully saturated rings. The van der Waals surface area contributed by atoms with Crippen LogP contribution in [0.15, 0.2) is 18.2 Å². The van der Waals surface area contributed by atoms with Crippen LogP contribution in [-0.2, 0) is 4.79 Å². The molecule has 1 aromatic rings. The molecule has 1 aliphatic heterocycles. The van der Waals surface area contributed by atoms with Gasteiger partial charge in [0.15, 0.2) is 0 Å². The Hall–Kier alpha value is -0.810. The van der Waals surface area contributed by atoms with Crippen molar-refractivity contribution in [3.8, 4) is 0 Å². The van der Waals surface area contributed by atoms with Gasteiger partial charge in [0, 0.05) is 26.2 Å². The van der Waals surface area contributed by atoms with Crippen molar-refractivity contribution in [3.05, 3.63) is 33.8 Å². The van der Waals surface area contributed by atoms with Crippen LogP contribution in [0.2, 0.25) is 10.0 Å². The van der Waals surface area contributed by atoms with Crippen molar-refractivity contribution in [2.75, 3.05) is 26.2 Å². The molecule has 1 aliphatic rings. The SMILES string of the molecule is O=C(O)C(c1ccc(Cl)c(Cl)c1)N1CCNCC1. The van der Waals surface area contributed by atoms with Gasteiger partial charge in [-0.15, -0.1) is 0 Å². The lowest BCUT2D eigenvalue weighted by atomic mass is 10.0. The fourth-order valence-corrected chi connectivity index (χ4v) is 2.44. The number of rotatable bonds is 3. The topological polar surface area (TPSA) is 52.6 Å². The molecule has 1 aromatic carbocycles. The highest BCUT2D eigenvalue weighted by Gasteiger charge is 2.28. The lowest BCUT2D eigenvalue weighted by Crippen LogP contribution is -2.47. The monoisotopic (exact) mass is 288 g/mol.